The Kier molecular flexibility index (Phi) is 10.8. The first-order valence-electron chi connectivity index (χ1n) is 17.3. The highest BCUT2D eigenvalue weighted by Gasteiger charge is 2.23. The lowest BCUT2D eigenvalue weighted by Gasteiger charge is -2.18. The molecule has 0 atom stereocenters. The molecule has 0 bridgehead atoms. The fraction of sp³-hybridized carbons (Fsp3) is 0.233. The molecule has 0 radical (unpaired) electrons. The quantitative estimate of drug-likeness (QED) is 0.106. The fourth-order valence-corrected chi connectivity index (χ4v) is 6.20. The van der Waals surface area contributed by atoms with Crippen molar-refractivity contribution in [3.05, 3.63) is 148 Å². The highest BCUT2D eigenvalue weighted by atomic mass is 16.5. The average Bonchev–Trinajstić information content (AvgIpc) is 3.70. The Morgan fingerprint density at radius 3 is 1.82 bits per heavy atom. The molecule has 1 aliphatic heterocycles. The van der Waals surface area contributed by atoms with Gasteiger partial charge >= 0.3 is 0 Å². The van der Waals surface area contributed by atoms with E-state index in [-0.39, 0.29) is 16.9 Å². The van der Waals surface area contributed by atoms with Gasteiger partial charge in [-0.25, -0.2) is 0 Å². The van der Waals surface area contributed by atoms with Crippen molar-refractivity contribution in [1.29, 1.82) is 0 Å². The lowest BCUT2D eigenvalue weighted by Crippen LogP contribution is -2.25. The molecular formula is C43H41NO7. The van der Waals surface area contributed by atoms with Crippen LogP contribution in [-0.2, 0) is 19.8 Å². The second-order valence-corrected chi connectivity index (χ2v) is 12.5. The van der Waals surface area contributed by atoms with E-state index < -0.39 is 0 Å². The van der Waals surface area contributed by atoms with Gasteiger partial charge in [0.25, 0.3) is 0 Å². The minimum atomic E-state index is -0.337. The molecule has 0 saturated carbocycles. The van der Waals surface area contributed by atoms with Gasteiger partial charge in [-0.15, -0.1) is 0 Å². The van der Waals surface area contributed by atoms with Gasteiger partial charge in [-0.05, 0) is 60.8 Å². The molecule has 1 aliphatic rings. The molecule has 0 unspecified atom stereocenters. The molecule has 2 heterocycles. The number of benzene rings is 5. The van der Waals surface area contributed by atoms with Crippen LogP contribution in [0.1, 0.15) is 29.5 Å². The van der Waals surface area contributed by atoms with Crippen LogP contribution in [0.25, 0.3) is 22.3 Å². The predicted molar refractivity (Wildman–Crippen MR) is 198 cm³/mol. The van der Waals surface area contributed by atoms with Gasteiger partial charge in [0.15, 0.2) is 17.3 Å². The number of likely N-dealkylation sites (tertiary alicyclic amines) is 1. The van der Waals surface area contributed by atoms with E-state index >= 15 is 0 Å². The molecular weight excluding hydrogens is 642 g/mol. The van der Waals surface area contributed by atoms with E-state index in [1.54, 1.807) is 12.1 Å². The first-order valence-corrected chi connectivity index (χ1v) is 17.3. The third-order valence-electron chi connectivity index (χ3n) is 8.89. The standard InChI is InChI=1S/C43H41NO7/c1-46-43-41(45)40-38(47-24-23-44-21-11-12-22-44)26-35(48-28-31-13-5-2-6-14-31)27-39(40)51-42(43)34-19-20-36(49-29-32-15-7-3-8-16-32)37(25-34)50-30-33-17-9-4-10-18-33/h2-10,13-20,25-27H,11-12,21-24,28-30H2,1H3. The fourth-order valence-electron chi connectivity index (χ4n) is 6.20. The number of rotatable bonds is 15. The Hall–Kier alpha value is -5.73. The minimum Gasteiger partial charge on any atom is -0.491 e. The van der Waals surface area contributed by atoms with Crippen LogP contribution >= 0.6 is 0 Å². The van der Waals surface area contributed by atoms with E-state index in [4.69, 9.17) is 28.1 Å². The summed E-state index contributed by atoms with van der Waals surface area (Å²) >= 11 is 0. The smallest absolute Gasteiger partial charge is 0.239 e. The Balaban J connectivity index is 1.26. The maximum absolute atomic E-state index is 14.2. The molecule has 6 aromatic rings. The Morgan fingerprint density at radius 2 is 1.22 bits per heavy atom. The largest absolute Gasteiger partial charge is 0.491 e. The maximum atomic E-state index is 14.2. The molecule has 1 saturated heterocycles. The van der Waals surface area contributed by atoms with Crippen LogP contribution in [0.4, 0.5) is 0 Å². The summed E-state index contributed by atoms with van der Waals surface area (Å²) in [7, 11) is 1.47. The zero-order chi connectivity index (χ0) is 34.8. The second kappa shape index (κ2) is 16.3. The molecule has 5 aromatic carbocycles. The second-order valence-electron chi connectivity index (χ2n) is 12.5. The summed E-state index contributed by atoms with van der Waals surface area (Å²) in [6.07, 6.45) is 2.38. The number of ether oxygens (including phenoxy) is 5. The molecule has 0 N–H and O–H groups in total. The monoisotopic (exact) mass is 683 g/mol. The third-order valence-corrected chi connectivity index (χ3v) is 8.89. The average molecular weight is 684 g/mol. The van der Waals surface area contributed by atoms with E-state index in [9.17, 15) is 4.79 Å². The molecule has 1 aromatic heterocycles. The molecule has 0 amide bonds. The van der Waals surface area contributed by atoms with Gasteiger partial charge in [0.1, 0.15) is 48.9 Å². The van der Waals surface area contributed by atoms with Crippen LogP contribution in [0.2, 0.25) is 0 Å². The van der Waals surface area contributed by atoms with Crippen molar-refractivity contribution in [1.82, 2.24) is 4.90 Å². The Bertz CT molecular complexity index is 2090. The summed E-state index contributed by atoms with van der Waals surface area (Å²) in [5.41, 5.74) is 3.63. The van der Waals surface area contributed by atoms with E-state index in [1.807, 2.05) is 109 Å². The lowest BCUT2D eigenvalue weighted by molar-refractivity contribution is 0.237. The Morgan fingerprint density at radius 1 is 0.627 bits per heavy atom. The van der Waals surface area contributed by atoms with Crippen LogP contribution in [0.15, 0.2) is 131 Å². The first-order chi connectivity index (χ1) is 25.1. The summed E-state index contributed by atoms with van der Waals surface area (Å²) in [4.78, 5) is 16.6. The first kappa shape index (κ1) is 33.8. The van der Waals surface area contributed by atoms with Crippen molar-refractivity contribution in [2.75, 3.05) is 33.4 Å². The van der Waals surface area contributed by atoms with Crippen molar-refractivity contribution in [3.8, 4) is 40.1 Å². The van der Waals surface area contributed by atoms with Gasteiger partial charge in [-0.3, -0.25) is 9.69 Å². The van der Waals surface area contributed by atoms with E-state index in [0.717, 1.165) is 36.3 Å². The van der Waals surface area contributed by atoms with Gasteiger partial charge in [0.05, 0.1) is 7.11 Å². The lowest BCUT2D eigenvalue weighted by atomic mass is 10.1. The van der Waals surface area contributed by atoms with E-state index in [1.165, 1.54) is 20.0 Å². The summed E-state index contributed by atoms with van der Waals surface area (Å²) < 4.78 is 37.4. The molecule has 260 valence electrons. The van der Waals surface area contributed by atoms with Gasteiger partial charge in [0.2, 0.25) is 11.2 Å². The van der Waals surface area contributed by atoms with Crippen molar-refractivity contribution < 1.29 is 28.1 Å². The van der Waals surface area contributed by atoms with Gasteiger partial charge in [-0.1, -0.05) is 91.0 Å². The maximum Gasteiger partial charge on any atom is 0.239 e. The minimum absolute atomic E-state index is 0.0665. The molecule has 8 nitrogen and oxygen atoms in total. The van der Waals surface area contributed by atoms with Gasteiger partial charge < -0.3 is 28.1 Å². The highest BCUT2D eigenvalue weighted by Crippen LogP contribution is 2.40. The number of fused-ring (bicyclic) bond motifs is 1. The molecule has 7 rings (SSSR count). The van der Waals surface area contributed by atoms with E-state index in [0.29, 0.717) is 66.0 Å². The number of hydrogen-bond acceptors (Lipinski definition) is 8. The summed E-state index contributed by atoms with van der Waals surface area (Å²) in [5, 5.41) is 0.299. The third kappa shape index (κ3) is 8.36. The topological polar surface area (TPSA) is 79.6 Å². The summed E-state index contributed by atoms with van der Waals surface area (Å²) in [5.74, 6) is 2.31. The van der Waals surface area contributed by atoms with E-state index in [2.05, 4.69) is 4.90 Å². The molecule has 0 aliphatic carbocycles. The van der Waals surface area contributed by atoms with Gasteiger partial charge in [0, 0.05) is 24.2 Å². The zero-order valence-corrected chi connectivity index (χ0v) is 28.7. The Labute approximate surface area is 297 Å². The van der Waals surface area contributed by atoms with Crippen LogP contribution < -0.4 is 29.1 Å². The van der Waals surface area contributed by atoms with Crippen LogP contribution in [-0.4, -0.2) is 38.3 Å². The SMILES string of the molecule is COc1c(-c2ccc(OCc3ccccc3)c(OCc3ccccc3)c2)oc2cc(OCc3ccccc3)cc(OCCN3CCCC3)c2c1=O. The molecule has 51 heavy (non-hydrogen) atoms. The van der Waals surface area contributed by atoms with Crippen LogP contribution in [0, 0.1) is 0 Å². The van der Waals surface area contributed by atoms with Crippen molar-refractivity contribution in [3.63, 3.8) is 0 Å². The summed E-state index contributed by atoms with van der Waals surface area (Å²) in [6, 6.07) is 38.8. The van der Waals surface area contributed by atoms with Crippen molar-refractivity contribution in [2.45, 2.75) is 32.7 Å². The number of nitrogens with zero attached hydrogens (tertiary/aromatic N) is 1. The summed E-state index contributed by atoms with van der Waals surface area (Å²) in [6.45, 7) is 4.33. The molecule has 0 spiro atoms. The molecule has 8 heteroatoms. The van der Waals surface area contributed by atoms with Crippen molar-refractivity contribution >= 4 is 11.0 Å². The molecule has 1 fully saturated rings. The highest BCUT2D eigenvalue weighted by molar-refractivity contribution is 5.89. The zero-order valence-electron chi connectivity index (χ0n) is 28.7. The normalized spacial score (nSPS) is 12.9. The van der Waals surface area contributed by atoms with Gasteiger partial charge in [-0.2, -0.15) is 0 Å². The number of methoxy groups -OCH3 is 1. The predicted octanol–water partition coefficient (Wildman–Crippen LogP) is 8.68. The van der Waals surface area contributed by atoms with Crippen molar-refractivity contribution in [2.24, 2.45) is 0 Å². The van der Waals surface area contributed by atoms with Crippen LogP contribution in [0.5, 0.6) is 28.7 Å². The van der Waals surface area contributed by atoms with Crippen LogP contribution in [0.3, 0.4) is 0 Å². The number of hydrogen-bond donors (Lipinski definition) is 0.